The summed E-state index contributed by atoms with van der Waals surface area (Å²) >= 11 is 0. The summed E-state index contributed by atoms with van der Waals surface area (Å²) in [5.41, 5.74) is 2.14. The summed E-state index contributed by atoms with van der Waals surface area (Å²) in [6, 6.07) is 5.37. The number of hydrogen-bond acceptors (Lipinski definition) is 3. The normalized spacial score (nSPS) is 22.0. The average Bonchev–Trinajstić information content (AvgIpc) is 2.86. The molecule has 1 atom stereocenters. The first-order valence-corrected chi connectivity index (χ1v) is 8.17. The first kappa shape index (κ1) is 12.7. The fraction of sp³-hybridized carbons (Fsp3) is 0.429. The van der Waals surface area contributed by atoms with Crippen LogP contribution in [-0.2, 0) is 16.4 Å². The molecule has 0 fully saturated rings. The Balaban J connectivity index is 1.81. The van der Waals surface area contributed by atoms with Gasteiger partial charge in [0.15, 0.2) is 0 Å². The van der Waals surface area contributed by atoms with Gasteiger partial charge >= 0.3 is 0 Å². The van der Waals surface area contributed by atoms with E-state index in [1.54, 1.807) is 12.1 Å². The van der Waals surface area contributed by atoms with E-state index in [9.17, 15) is 8.42 Å². The van der Waals surface area contributed by atoms with Crippen LogP contribution in [0.2, 0.25) is 0 Å². The Morgan fingerprint density at radius 1 is 1.26 bits per heavy atom. The van der Waals surface area contributed by atoms with E-state index >= 15 is 0 Å². The van der Waals surface area contributed by atoms with Crippen LogP contribution in [0.3, 0.4) is 0 Å². The van der Waals surface area contributed by atoms with Crippen molar-refractivity contribution < 1.29 is 8.42 Å². The molecule has 2 aliphatic rings. The molecule has 3 rings (SSSR count). The van der Waals surface area contributed by atoms with Crippen LogP contribution in [0.4, 0.5) is 5.69 Å². The number of sulfonamides is 1. The number of rotatable bonds is 3. The Morgan fingerprint density at radius 2 is 2.16 bits per heavy atom. The lowest BCUT2D eigenvalue weighted by atomic mass is 10.0. The second-order valence-corrected chi connectivity index (χ2v) is 6.81. The lowest BCUT2D eigenvalue weighted by Gasteiger charge is -2.19. The molecule has 0 radical (unpaired) electrons. The second kappa shape index (κ2) is 4.98. The summed E-state index contributed by atoms with van der Waals surface area (Å²) in [7, 11) is -3.41. The highest BCUT2D eigenvalue weighted by molar-refractivity contribution is 7.89. The highest BCUT2D eigenvalue weighted by atomic mass is 32.2. The molecule has 19 heavy (non-hydrogen) atoms. The molecule has 1 heterocycles. The average molecular weight is 278 g/mol. The van der Waals surface area contributed by atoms with Crippen LogP contribution in [0.5, 0.6) is 0 Å². The van der Waals surface area contributed by atoms with Crippen molar-refractivity contribution in [1.82, 2.24) is 4.72 Å². The van der Waals surface area contributed by atoms with Gasteiger partial charge in [-0.2, -0.15) is 0 Å². The molecule has 2 N–H and O–H groups in total. The van der Waals surface area contributed by atoms with Crippen molar-refractivity contribution in [3.63, 3.8) is 0 Å². The van der Waals surface area contributed by atoms with Crippen molar-refractivity contribution in [3.05, 3.63) is 35.9 Å². The number of hydrogen-bond donors (Lipinski definition) is 2. The van der Waals surface area contributed by atoms with Gasteiger partial charge in [-0.15, -0.1) is 0 Å². The number of fused-ring (bicyclic) bond motifs is 1. The quantitative estimate of drug-likeness (QED) is 0.832. The van der Waals surface area contributed by atoms with Gasteiger partial charge in [0.05, 0.1) is 4.90 Å². The Bertz CT molecular complexity index is 608. The SMILES string of the molecule is O=S(=O)(NC1CC=CCC1)c1ccc2c(c1)NCC2. The first-order chi connectivity index (χ1) is 9.15. The summed E-state index contributed by atoms with van der Waals surface area (Å²) in [6.07, 6.45) is 7.71. The summed E-state index contributed by atoms with van der Waals surface area (Å²) in [6.45, 7) is 0.889. The van der Waals surface area contributed by atoms with Crippen LogP contribution >= 0.6 is 0 Å². The van der Waals surface area contributed by atoms with Crippen molar-refractivity contribution in [3.8, 4) is 0 Å². The molecule has 1 aliphatic heterocycles. The van der Waals surface area contributed by atoms with Gasteiger partial charge in [-0.05, 0) is 43.4 Å². The summed E-state index contributed by atoms with van der Waals surface area (Å²) < 4.78 is 27.5. The van der Waals surface area contributed by atoms with Crippen LogP contribution in [0.25, 0.3) is 0 Å². The molecule has 5 heteroatoms. The lowest BCUT2D eigenvalue weighted by molar-refractivity contribution is 0.522. The van der Waals surface area contributed by atoms with E-state index < -0.39 is 10.0 Å². The zero-order valence-electron chi connectivity index (χ0n) is 10.7. The molecule has 4 nitrogen and oxygen atoms in total. The molecule has 1 aromatic carbocycles. The van der Waals surface area contributed by atoms with E-state index in [2.05, 4.69) is 16.1 Å². The van der Waals surface area contributed by atoms with E-state index in [1.807, 2.05) is 12.1 Å². The fourth-order valence-electron chi connectivity index (χ4n) is 2.63. The maximum Gasteiger partial charge on any atom is 0.240 e. The molecular formula is C14H18N2O2S. The Labute approximate surface area is 114 Å². The summed E-state index contributed by atoms with van der Waals surface area (Å²) in [5.74, 6) is 0. The van der Waals surface area contributed by atoms with Gasteiger partial charge in [-0.3, -0.25) is 0 Å². The molecule has 0 saturated heterocycles. The Kier molecular flexibility index (Phi) is 3.33. The van der Waals surface area contributed by atoms with Gasteiger partial charge in [-0.1, -0.05) is 18.2 Å². The van der Waals surface area contributed by atoms with Gasteiger partial charge in [-0.25, -0.2) is 13.1 Å². The highest BCUT2D eigenvalue weighted by Crippen LogP contribution is 2.25. The standard InChI is InChI=1S/C14H18N2O2S/c17-19(18,16-12-4-2-1-3-5-12)13-7-6-11-8-9-15-14(11)10-13/h1-2,6-7,10,12,15-16H,3-5,8-9H2. The van der Waals surface area contributed by atoms with E-state index in [0.717, 1.165) is 37.9 Å². The van der Waals surface area contributed by atoms with Gasteiger partial charge in [0, 0.05) is 18.3 Å². The Morgan fingerprint density at radius 3 is 2.95 bits per heavy atom. The first-order valence-electron chi connectivity index (χ1n) is 6.69. The van der Waals surface area contributed by atoms with Crippen LogP contribution < -0.4 is 10.0 Å². The zero-order chi connectivity index (χ0) is 13.3. The van der Waals surface area contributed by atoms with Crippen molar-refractivity contribution >= 4 is 15.7 Å². The van der Waals surface area contributed by atoms with Crippen molar-refractivity contribution in [2.75, 3.05) is 11.9 Å². The lowest BCUT2D eigenvalue weighted by Crippen LogP contribution is -2.35. The third-order valence-electron chi connectivity index (χ3n) is 3.69. The van der Waals surface area contributed by atoms with Crippen molar-refractivity contribution in [2.45, 2.75) is 36.6 Å². The van der Waals surface area contributed by atoms with E-state index in [0.29, 0.717) is 4.90 Å². The minimum atomic E-state index is -3.41. The zero-order valence-corrected chi connectivity index (χ0v) is 11.5. The molecule has 1 unspecified atom stereocenters. The molecule has 0 aromatic heterocycles. The minimum Gasteiger partial charge on any atom is -0.384 e. The third-order valence-corrected chi connectivity index (χ3v) is 5.21. The van der Waals surface area contributed by atoms with Crippen LogP contribution in [0, 0.1) is 0 Å². The number of anilines is 1. The molecule has 0 amide bonds. The maximum absolute atomic E-state index is 12.3. The summed E-state index contributed by atoms with van der Waals surface area (Å²) in [4.78, 5) is 0.357. The molecule has 0 saturated carbocycles. The minimum absolute atomic E-state index is 0.0243. The van der Waals surface area contributed by atoms with E-state index in [4.69, 9.17) is 0 Å². The highest BCUT2D eigenvalue weighted by Gasteiger charge is 2.22. The smallest absolute Gasteiger partial charge is 0.240 e. The molecule has 102 valence electrons. The molecule has 0 spiro atoms. The molecule has 1 aromatic rings. The van der Waals surface area contributed by atoms with Gasteiger partial charge in [0.2, 0.25) is 10.0 Å². The Hall–Kier alpha value is -1.33. The van der Waals surface area contributed by atoms with E-state index in [1.165, 1.54) is 5.56 Å². The van der Waals surface area contributed by atoms with Crippen molar-refractivity contribution in [2.24, 2.45) is 0 Å². The van der Waals surface area contributed by atoms with Crippen LogP contribution in [0.15, 0.2) is 35.2 Å². The monoisotopic (exact) mass is 278 g/mol. The largest absolute Gasteiger partial charge is 0.384 e. The predicted molar refractivity (Wildman–Crippen MR) is 75.7 cm³/mol. The predicted octanol–water partition coefficient (Wildman–Crippen LogP) is 2.04. The van der Waals surface area contributed by atoms with Crippen LogP contribution in [0.1, 0.15) is 24.8 Å². The van der Waals surface area contributed by atoms with Gasteiger partial charge < -0.3 is 5.32 Å². The summed E-state index contributed by atoms with van der Waals surface area (Å²) in [5, 5.41) is 3.21. The molecule has 1 aliphatic carbocycles. The maximum atomic E-state index is 12.3. The second-order valence-electron chi connectivity index (χ2n) is 5.10. The van der Waals surface area contributed by atoms with Gasteiger partial charge in [0.25, 0.3) is 0 Å². The fourth-order valence-corrected chi connectivity index (χ4v) is 3.93. The molecule has 0 bridgehead atoms. The number of nitrogens with one attached hydrogen (secondary N) is 2. The topological polar surface area (TPSA) is 58.2 Å². The van der Waals surface area contributed by atoms with Crippen molar-refractivity contribution in [1.29, 1.82) is 0 Å². The number of allylic oxidation sites excluding steroid dienone is 1. The van der Waals surface area contributed by atoms with Gasteiger partial charge in [0.1, 0.15) is 0 Å². The van der Waals surface area contributed by atoms with Crippen LogP contribution in [-0.4, -0.2) is 21.0 Å². The third kappa shape index (κ3) is 2.67. The molecular weight excluding hydrogens is 260 g/mol. The van der Waals surface area contributed by atoms with E-state index in [-0.39, 0.29) is 6.04 Å². The number of benzene rings is 1.